The highest BCUT2D eigenvalue weighted by molar-refractivity contribution is 6.08. The molecule has 0 aliphatic rings. The number of fused-ring (bicyclic) bond motifs is 6. The van der Waals surface area contributed by atoms with E-state index in [-0.39, 0.29) is 4.70 Å². The molecule has 6 rings (SSSR count). The summed E-state index contributed by atoms with van der Waals surface area (Å²) in [5.74, 6) is 0. The Morgan fingerprint density at radius 3 is 0.900 bits per heavy atom. The minimum atomic E-state index is 0. The molecule has 0 aliphatic carbocycles. The summed E-state index contributed by atoms with van der Waals surface area (Å²) >= 11 is 0. The van der Waals surface area contributed by atoms with Gasteiger partial charge in [0.25, 0.3) is 0 Å². The van der Waals surface area contributed by atoms with E-state index in [9.17, 15) is 0 Å². The van der Waals surface area contributed by atoms with Crippen LogP contribution in [-0.2, 0) is 13.6 Å². The largest absolute Gasteiger partial charge is 0.344 e. The second kappa shape index (κ2) is 22.2. The van der Waals surface area contributed by atoms with E-state index in [4.69, 9.17) is 0 Å². The number of para-hydroxylation sites is 4. The lowest BCUT2D eigenvalue weighted by atomic mass is 10.2. The van der Waals surface area contributed by atoms with E-state index < -0.39 is 0 Å². The van der Waals surface area contributed by atoms with Gasteiger partial charge < -0.3 is 9.13 Å². The van der Waals surface area contributed by atoms with Gasteiger partial charge in [-0.15, -0.1) is 0 Å². The summed E-state index contributed by atoms with van der Waals surface area (Å²) in [7, 11) is 2.12. The second-order valence-electron chi connectivity index (χ2n) is 7.37. The van der Waals surface area contributed by atoms with Crippen molar-refractivity contribution in [1.82, 2.24) is 9.13 Å². The first kappa shape index (κ1) is 38.6. The van der Waals surface area contributed by atoms with E-state index >= 15 is 0 Å². The zero-order chi connectivity index (χ0) is 29.8. The van der Waals surface area contributed by atoms with E-state index in [0.29, 0.717) is 0 Å². The molecule has 0 saturated carbocycles. The van der Waals surface area contributed by atoms with Gasteiger partial charge in [0.2, 0.25) is 0 Å². The minimum Gasteiger partial charge on any atom is -0.344 e. The normalized spacial score (nSPS) is 8.90. The molecule has 0 spiro atoms. The maximum absolute atomic E-state index is 2.37. The van der Waals surface area contributed by atoms with E-state index in [1.165, 1.54) is 43.6 Å². The van der Waals surface area contributed by atoms with Crippen molar-refractivity contribution < 1.29 is 4.70 Å². The Kier molecular flexibility index (Phi) is 21.4. The van der Waals surface area contributed by atoms with Crippen LogP contribution >= 0.6 is 0 Å². The smallest absolute Gasteiger partial charge is 0.0491 e. The van der Waals surface area contributed by atoms with Crippen LogP contribution in [0, 0.1) is 0 Å². The molecule has 0 atom stereocenters. The summed E-state index contributed by atoms with van der Waals surface area (Å²) in [5, 5.41) is 5.39. The summed E-state index contributed by atoms with van der Waals surface area (Å²) in [6.45, 7) is 23.2. The van der Waals surface area contributed by atoms with Crippen molar-refractivity contribution in [2.75, 3.05) is 0 Å². The number of benzene rings is 4. The molecule has 0 amide bonds. The number of rotatable bonds is 1. The van der Waals surface area contributed by atoms with Crippen LogP contribution in [0.4, 0.5) is 4.70 Å². The van der Waals surface area contributed by atoms with Crippen LogP contribution < -0.4 is 0 Å². The van der Waals surface area contributed by atoms with Crippen LogP contribution in [0.5, 0.6) is 0 Å². The highest BCUT2D eigenvalue weighted by Gasteiger charge is 2.07. The third kappa shape index (κ3) is 8.71. The second-order valence-corrected chi connectivity index (χ2v) is 7.37. The first-order valence-corrected chi connectivity index (χ1v) is 15.2. The molecular weight excluding hydrogens is 491 g/mol. The fraction of sp³-hybridized carbons (Fsp3) is 0.351. The van der Waals surface area contributed by atoms with Crippen LogP contribution in [0.25, 0.3) is 43.6 Å². The lowest BCUT2D eigenvalue weighted by molar-refractivity contribution is 0.827. The summed E-state index contributed by atoms with van der Waals surface area (Å²) < 4.78 is 4.61. The third-order valence-electron chi connectivity index (χ3n) is 5.82. The summed E-state index contributed by atoms with van der Waals surface area (Å²) in [5.41, 5.74) is 5.27. The van der Waals surface area contributed by atoms with E-state index in [1.54, 1.807) is 0 Å². The number of nitrogens with zero attached hydrogens (tertiary/aromatic N) is 2. The van der Waals surface area contributed by atoms with Crippen molar-refractivity contribution in [3.63, 3.8) is 0 Å². The van der Waals surface area contributed by atoms with Gasteiger partial charge in [0.15, 0.2) is 0 Å². The van der Waals surface area contributed by atoms with Crippen LogP contribution in [0.15, 0.2) is 97.1 Å². The molecule has 4 aromatic carbocycles. The molecule has 220 valence electrons. The van der Waals surface area contributed by atoms with Gasteiger partial charge in [0, 0.05) is 57.2 Å². The van der Waals surface area contributed by atoms with E-state index in [2.05, 4.69) is 120 Å². The van der Waals surface area contributed by atoms with Crippen molar-refractivity contribution in [2.24, 2.45) is 7.05 Å². The Bertz CT molecular complexity index is 1350. The van der Waals surface area contributed by atoms with Gasteiger partial charge >= 0.3 is 0 Å². The highest BCUT2D eigenvalue weighted by Crippen LogP contribution is 2.28. The number of aromatic nitrogens is 2. The molecule has 3 heteroatoms. The molecule has 0 N–H and O–H groups in total. The molecule has 0 radical (unpaired) electrons. The number of hydrogen-bond acceptors (Lipinski definition) is 0. The zero-order valence-electron chi connectivity index (χ0n) is 27.2. The van der Waals surface area contributed by atoms with Gasteiger partial charge in [0.1, 0.15) is 0 Å². The standard InChI is InChI=1S/C14H13N.C13H11N.5C2H6.FH/c1-2-15-13-9-5-3-7-11(13)12-8-4-6-10-14(12)15;1-14-12-8-4-2-6-10(12)11-7-3-5-9-13(11)14;5*1-2;/h3-10H,2H2,1H3;2-9H,1H3;5*1-2H3;1H. The molecule has 0 aliphatic heterocycles. The molecule has 0 unspecified atom stereocenters. The molecule has 6 aromatic rings. The Hall–Kier alpha value is -3.59. The van der Waals surface area contributed by atoms with Crippen molar-refractivity contribution in [3.05, 3.63) is 97.1 Å². The van der Waals surface area contributed by atoms with Crippen LogP contribution in [0.2, 0.25) is 0 Å². The average Bonchev–Trinajstić information content (AvgIpc) is 3.54. The van der Waals surface area contributed by atoms with E-state index in [1.807, 2.05) is 69.2 Å². The predicted octanol–water partition coefficient (Wildman–Crippen LogP) is 12.4. The quantitative estimate of drug-likeness (QED) is 0.194. The molecule has 0 bridgehead atoms. The maximum atomic E-state index is 2.37. The number of halogens is 1. The number of hydrogen-bond donors (Lipinski definition) is 0. The monoisotopic (exact) mass is 546 g/mol. The highest BCUT2D eigenvalue weighted by atomic mass is 19.0. The first-order chi connectivity index (χ1) is 19.3. The van der Waals surface area contributed by atoms with Crippen molar-refractivity contribution in [3.8, 4) is 0 Å². The molecule has 0 fully saturated rings. The summed E-state index contributed by atoms with van der Waals surface area (Å²) in [6.07, 6.45) is 0. The lowest BCUT2D eigenvalue weighted by Gasteiger charge is -2.01. The summed E-state index contributed by atoms with van der Waals surface area (Å²) in [4.78, 5) is 0. The topological polar surface area (TPSA) is 9.86 Å². The maximum Gasteiger partial charge on any atom is 0.0491 e. The van der Waals surface area contributed by atoms with Gasteiger partial charge in [0.05, 0.1) is 0 Å². The minimum absolute atomic E-state index is 0. The van der Waals surface area contributed by atoms with Crippen molar-refractivity contribution in [2.45, 2.75) is 82.7 Å². The van der Waals surface area contributed by atoms with Gasteiger partial charge in [-0.3, -0.25) is 4.70 Å². The van der Waals surface area contributed by atoms with Crippen LogP contribution in [0.3, 0.4) is 0 Å². The van der Waals surface area contributed by atoms with Gasteiger partial charge in [-0.2, -0.15) is 0 Å². The Morgan fingerprint density at radius 2 is 0.625 bits per heavy atom. The Labute approximate surface area is 244 Å². The molecule has 2 nitrogen and oxygen atoms in total. The molecular formula is C37H55FN2. The Morgan fingerprint density at radius 1 is 0.400 bits per heavy atom. The predicted molar refractivity (Wildman–Crippen MR) is 185 cm³/mol. The lowest BCUT2D eigenvalue weighted by Crippen LogP contribution is -1.91. The van der Waals surface area contributed by atoms with Crippen molar-refractivity contribution >= 4 is 43.6 Å². The SMILES string of the molecule is CC.CC.CC.CC.CC.CCn1c2ccccc2c2ccccc21.Cn1c2ccccc2c2ccccc21.F. The third-order valence-corrected chi connectivity index (χ3v) is 5.82. The first-order valence-electron chi connectivity index (χ1n) is 15.2. The molecule has 2 heterocycles. The zero-order valence-corrected chi connectivity index (χ0v) is 27.2. The summed E-state index contributed by atoms with van der Waals surface area (Å²) in [6, 6.07) is 34.2. The molecule has 40 heavy (non-hydrogen) atoms. The molecule has 2 aromatic heterocycles. The van der Waals surface area contributed by atoms with Crippen molar-refractivity contribution in [1.29, 1.82) is 0 Å². The van der Waals surface area contributed by atoms with Gasteiger partial charge in [-0.25, -0.2) is 0 Å². The molecule has 0 saturated heterocycles. The Balaban J connectivity index is 0. The average molecular weight is 547 g/mol. The number of aryl methyl sites for hydroxylation is 2. The van der Waals surface area contributed by atoms with Gasteiger partial charge in [-0.05, 0) is 31.2 Å². The van der Waals surface area contributed by atoms with Crippen LogP contribution in [0.1, 0.15) is 76.2 Å². The van der Waals surface area contributed by atoms with Crippen LogP contribution in [-0.4, -0.2) is 9.13 Å². The van der Waals surface area contributed by atoms with E-state index in [0.717, 1.165) is 6.54 Å². The fourth-order valence-corrected chi connectivity index (χ4v) is 4.46. The fourth-order valence-electron chi connectivity index (χ4n) is 4.46. The van der Waals surface area contributed by atoms with Gasteiger partial charge in [-0.1, -0.05) is 142 Å².